The van der Waals surface area contributed by atoms with Crippen molar-refractivity contribution in [2.24, 2.45) is 11.3 Å². The number of hydrogen-bond acceptors (Lipinski definition) is 6. The van der Waals surface area contributed by atoms with Gasteiger partial charge < -0.3 is 15.5 Å². The SMILES string of the molecule is CC(=O)C(=N)c1ccncc1NCC(=O)N1CCC[C@H]1C(=O)NCC1CCCC1(C)C. The molecule has 0 radical (unpaired) electrons. The number of Topliss-reactive ketones (excluding diaryl/α,β-unsaturated/α-hetero) is 1. The summed E-state index contributed by atoms with van der Waals surface area (Å²) in [5, 5.41) is 14.0. The minimum absolute atomic E-state index is 0.0245. The Labute approximate surface area is 183 Å². The average Bonchev–Trinajstić information content (AvgIpc) is 3.36. The van der Waals surface area contributed by atoms with Crippen LogP contribution in [0.4, 0.5) is 5.69 Å². The molecule has 2 aliphatic rings. The van der Waals surface area contributed by atoms with Crippen molar-refractivity contribution in [1.82, 2.24) is 15.2 Å². The molecule has 3 N–H and O–H groups in total. The van der Waals surface area contributed by atoms with Crippen LogP contribution in [0.15, 0.2) is 18.5 Å². The number of nitrogens with one attached hydrogen (secondary N) is 3. The van der Waals surface area contributed by atoms with Gasteiger partial charge in [0.25, 0.3) is 0 Å². The fourth-order valence-corrected chi connectivity index (χ4v) is 4.67. The van der Waals surface area contributed by atoms with Gasteiger partial charge in [-0.15, -0.1) is 0 Å². The number of aromatic nitrogens is 1. The van der Waals surface area contributed by atoms with E-state index >= 15 is 0 Å². The zero-order valence-electron chi connectivity index (χ0n) is 18.7. The average molecular weight is 428 g/mol. The Balaban J connectivity index is 1.57. The van der Waals surface area contributed by atoms with E-state index in [-0.39, 0.29) is 35.3 Å². The number of likely N-dealkylation sites (tertiary alicyclic amines) is 1. The van der Waals surface area contributed by atoms with Gasteiger partial charge in [0.05, 0.1) is 18.4 Å². The van der Waals surface area contributed by atoms with Gasteiger partial charge in [0, 0.05) is 31.8 Å². The lowest BCUT2D eigenvalue weighted by atomic mass is 9.82. The Bertz CT molecular complexity index is 867. The number of anilines is 1. The van der Waals surface area contributed by atoms with Crippen molar-refractivity contribution < 1.29 is 14.4 Å². The number of carbonyl (C=O) groups is 3. The van der Waals surface area contributed by atoms with Gasteiger partial charge in [0.2, 0.25) is 11.8 Å². The monoisotopic (exact) mass is 427 g/mol. The second-order valence-corrected chi connectivity index (χ2v) is 9.27. The first-order chi connectivity index (χ1) is 14.7. The van der Waals surface area contributed by atoms with Crippen LogP contribution in [-0.4, -0.2) is 58.9 Å². The largest absolute Gasteiger partial charge is 0.374 e. The van der Waals surface area contributed by atoms with Crippen LogP contribution in [0.5, 0.6) is 0 Å². The lowest BCUT2D eigenvalue weighted by Crippen LogP contribution is -2.48. The van der Waals surface area contributed by atoms with Gasteiger partial charge >= 0.3 is 0 Å². The van der Waals surface area contributed by atoms with Crippen molar-refractivity contribution in [2.45, 2.75) is 58.9 Å². The van der Waals surface area contributed by atoms with Crippen LogP contribution in [0.25, 0.3) is 0 Å². The summed E-state index contributed by atoms with van der Waals surface area (Å²) < 4.78 is 0. The van der Waals surface area contributed by atoms with Gasteiger partial charge in [-0.1, -0.05) is 20.3 Å². The molecule has 8 nitrogen and oxygen atoms in total. The molecule has 1 aliphatic carbocycles. The number of nitrogens with zero attached hydrogens (tertiary/aromatic N) is 2. The summed E-state index contributed by atoms with van der Waals surface area (Å²) in [5.41, 5.74) is 0.979. The molecule has 0 aromatic carbocycles. The Kier molecular flexibility index (Phi) is 7.08. The van der Waals surface area contributed by atoms with Gasteiger partial charge in [-0.25, -0.2) is 0 Å². The summed E-state index contributed by atoms with van der Waals surface area (Å²) in [5.74, 6) is -0.136. The third-order valence-electron chi connectivity index (χ3n) is 6.75. The van der Waals surface area contributed by atoms with E-state index in [1.807, 2.05) is 0 Å². The van der Waals surface area contributed by atoms with E-state index in [1.54, 1.807) is 11.0 Å². The van der Waals surface area contributed by atoms with E-state index in [0.717, 1.165) is 12.8 Å². The standard InChI is InChI=1S/C23H33N5O3/c1-15(29)21(24)17-8-10-25-13-18(17)26-14-20(30)28-11-5-7-19(28)22(31)27-12-16-6-4-9-23(16,2)3/h8,10,13,16,19,24,26H,4-7,9,11-12,14H2,1-3H3,(H,27,31)/t16?,19-/m0/s1. The van der Waals surface area contributed by atoms with Crippen molar-refractivity contribution in [1.29, 1.82) is 5.41 Å². The van der Waals surface area contributed by atoms with Crippen LogP contribution < -0.4 is 10.6 Å². The van der Waals surface area contributed by atoms with E-state index in [4.69, 9.17) is 5.41 Å². The molecule has 2 heterocycles. The molecule has 1 saturated carbocycles. The topological polar surface area (TPSA) is 115 Å². The number of pyridine rings is 1. The van der Waals surface area contributed by atoms with Gasteiger partial charge in [-0.2, -0.15) is 0 Å². The summed E-state index contributed by atoms with van der Waals surface area (Å²) in [7, 11) is 0. The van der Waals surface area contributed by atoms with E-state index in [9.17, 15) is 14.4 Å². The van der Waals surface area contributed by atoms with Crippen molar-refractivity contribution >= 4 is 29.0 Å². The molecule has 3 rings (SSSR count). The minimum atomic E-state index is -0.442. The first-order valence-corrected chi connectivity index (χ1v) is 11.1. The van der Waals surface area contributed by atoms with Crippen LogP contribution in [0, 0.1) is 16.7 Å². The zero-order chi connectivity index (χ0) is 22.6. The number of rotatable bonds is 8. The van der Waals surface area contributed by atoms with Crippen molar-refractivity contribution in [2.75, 3.05) is 25.0 Å². The van der Waals surface area contributed by atoms with Crippen LogP contribution in [0.1, 0.15) is 58.4 Å². The Morgan fingerprint density at radius 1 is 1.26 bits per heavy atom. The maximum absolute atomic E-state index is 12.9. The second-order valence-electron chi connectivity index (χ2n) is 9.27. The molecular formula is C23H33N5O3. The summed E-state index contributed by atoms with van der Waals surface area (Å²) in [6.45, 7) is 7.03. The zero-order valence-corrected chi connectivity index (χ0v) is 18.7. The predicted octanol–water partition coefficient (Wildman–Crippen LogP) is 2.38. The molecule has 1 aromatic heterocycles. The van der Waals surface area contributed by atoms with Crippen LogP contribution in [0.3, 0.4) is 0 Å². The first-order valence-electron chi connectivity index (χ1n) is 11.1. The molecule has 1 unspecified atom stereocenters. The third-order valence-corrected chi connectivity index (χ3v) is 6.75. The fourth-order valence-electron chi connectivity index (χ4n) is 4.67. The number of ketones is 1. The Morgan fingerprint density at radius 3 is 2.71 bits per heavy atom. The molecule has 31 heavy (non-hydrogen) atoms. The van der Waals surface area contributed by atoms with Gasteiger partial charge in [0.1, 0.15) is 11.8 Å². The van der Waals surface area contributed by atoms with Crippen LogP contribution in [0.2, 0.25) is 0 Å². The van der Waals surface area contributed by atoms with E-state index in [2.05, 4.69) is 29.5 Å². The minimum Gasteiger partial charge on any atom is -0.374 e. The predicted molar refractivity (Wildman–Crippen MR) is 119 cm³/mol. The van der Waals surface area contributed by atoms with Gasteiger partial charge in [-0.05, 0) is 43.1 Å². The smallest absolute Gasteiger partial charge is 0.242 e. The van der Waals surface area contributed by atoms with E-state index < -0.39 is 6.04 Å². The summed E-state index contributed by atoms with van der Waals surface area (Å²) >= 11 is 0. The Hall–Kier alpha value is -2.77. The molecular weight excluding hydrogens is 394 g/mol. The highest BCUT2D eigenvalue weighted by atomic mass is 16.2. The third kappa shape index (κ3) is 5.29. The van der Waals surface area contributed by atoms with E-state index in [0.29, 0.717) is 36.7 Å². The molecule has 1 aliphatic heterocycles. The van der Waals surface area contributed by atoms with Gasteiger partial charge in [0.15, 0.2) is 5.78 Å². The molecule has 2 fully saturated rings. The number of amides is 2. The molecule has 2 amide bonds. The summed E-state index contributed by atoms with van der Waals surface area (Å²) in [4.78, 5) is 42.9. The highest BCUT2D eigenvalue weighted by molar-refractivity contribution is 6.45. The van der Waals surface area contributed by atoms with Crippen LogP contribution in [-0.2, 0) is 14.4 Å². The second kappa shape index (κ2) is 9.58. The molecule has 1 saturated heterocycles. The molecule has 2 atom stereocenters. The summed E-state index contributed by atoms with van der Waals surface area (Å²) in [6.07, 6.45) is 7.98. The molecule has 0 bridgehead atoms. The quantitative estimate of drug-likeness (QED) is 0.551. The number of carbonyl (C=O) groups excluding carboxylic acids is 3. The highest BCUT2D eigenvalue weighted by Crippen LogP contribution is 2.42. The van der Waals surface area contributed by atoms with Gasteiger partial charge in [-0.3, -0.25) is 24.8 Å². The molecule has 168 valence electrons. The Morgan fingerprint density at radius 2 is 2.03 bits per heavy atom. The van der Waals surface area contributed by atoms with E-state index in [1.165, 1.54) is 32.2 Å². The molecule has 1 aromatic rings. The normalized spacial score (nSPS) is 22.2. The lowest BCUT2D eigenvalue weighted by molar-refractivity contribution is -0.137. The van der Waals surface area contributed by atoms with Crippen molar-refractivity contribution in [3.05, 3.63) is 24.0 Å². The fraction of sp³-hybridized carbons (Fsp3) is 0.609. The maximum Gasteiger partial charge on any atom is 0.242 e. The maximum atomic E-state index is 12.9. The van der Waals surface area contributed by atoms with Crippen molar-refractivity contribution in [3.63, 3.8) is 0 Å². The highest BCUT2D eigenvalue weighted by Gasteiger charge is 2.37. The van der Waals surface area contributed by atoms with Crippen LogP contribution >= 0.6 is 0 Å². The lowest BCUT2D eigenvalue weighted by Gasteiger charge is -2.29. The summed E-state index contributed by atoms with van der Waals surface area (Å²) in [6, 6.07) is 1.13. The first kappa shape index (κ1) is 22.9. The van der Waals surface area contributed by atoms with Crippen molar-refractivity contribution in [3.8, 4) is 0 Å². The molecule has 8 heteroatoms. The number of hydrogen-bond donors (Lipinski definition) is 3. The molecule has 0 spiro atoms.